The maximum atomic E-state index is 2.99. The van der Waals surface area contributed by atoms with E-state index < -0.39 is 0 Å². The predicted octanol–water partition coefficient (Wildman–Crippen LogP) is 2.35. The van der Waals surface area contributed by atoms with E-state index >= 15 is 0 Å². The van der Waals surface area contributed by atoms with E-state index in [1.54, 1.807) is 0 Å². The van der Waals surface area contributed by atoms with Gasteiger partial charge in [-0.15, -0.1) is 0 Å². The molecule has 66 valence electrons. The maximum Gasteiger partial charge on any atom is 0.0450 e. The van der Waals surface area contributed by atoms with Crippen LogP contribution in [-0.4, -0.2) is 0 Å². The Kier molecular flexibility index (Phi) is 2.04. The molecule has 2 nitrogen and oxygen atoms in total. The lowest BCUT2D eigenvalue weighted by Crippen LogP contribution is -2.13. The van der Waals surface area contributed by atoms with Gasteiger partial charge in [-0.2, -0.15) is 0 Å². The Bertz CT molecular complexity index is 324. The summed E-state index contributed by atoms with van der Waals surface area (Å²) in [6.45, 7) is 2.09. The third-order valence-corrected chi connectivity index (χ3v) is 1.99. The molecule has 1 aliphatic rings. The lowest BCUT2D eigenvalue weighted by atomic mass is 10.2. The van der Waals surface area contributed by atoms with Gasteiger partial charge < -0.3 is 10.2 Å². The molecule has 13 heavy (non-hydrogen) atoms. The zero-order valence-electron chi connectivity index (χ0n) is 7.57. The zero-order valence-corrected chi connectivity index (χ0v) is 7.57. The number of benzene rings is 1. The first-order valence-electron chi connectivity index (χ1n) is 4.31. The van der Waals surface area contributed by atoms with Crippen molar-refractivity contribution in [1.29, 1.82) is 0 Å². The fraction of sp³-hybridized carbons (Fsp3) is 0.0909. The first-order chi connectivity index (χ1) is 6.36. The summed E-state index contributed by atoms with van der Waals surface area (Å²) in [4.78, 5) is 2.07. The minimum absolute atomic E-state index is 1.18. The quantitative estimate of drug-likeness (QED) is 0.699. The molecule has 1 N–H and O–H groups in total. The molecule has 0 aliphatic carbocycles. The minimum atomic E-state index is 1.18. The molecule has 0 aromatic heterocycles. The number of anilines is 1. The molecule has 1 aromatic carbocycles. The van der Waals surface area contributed by atoms with Crippen LogP contribution in [-0.2, 0) is 0 Å². The van der Waals surface area contributed by atoms with Gasteiger partial charge in [0.25, 0.3) is 0 Å². The molecule has 0 spiro atoms. The second kappa shape index (κ2) is 3.35. The predicted molar refractivity (Wildman–Crippen MR) is 55.1 cm³/mol. The van der Waals surface area contributed by atoms with Gasteiger partial charge in [-0.25, -0.2) is 0 Å². The van der Waals surface area contributed by atoms with Crippen molar-refractivity contribution in [2.24, 2.45) is 0 Å². The number of nitrogens with one attached hydrogen (secondary N) is 1. The Morgan fingerprint density at radius 3 is 2.23 bits per heavy atom. The van der Waals surface area contributed by atoms with Crippen LogP contribution >= 0.6 is 0 Å². The SMILES string of the molecule is Cc1ccc(N2C=CNC=C2)cc1. The summed E-state index contributed by atoms with van der Waals surface area (Å²) in [6.07, 6.45) is 7.79. The van der Waals surface area contributed by atoms with Crippen molar-refractivity contribution in [3.05, 3.63) is 54.6 Å². The van der Waals surface area contributed by atoms with Gasteiger partial charge in [0.15, 0.2) is 0 Å². The Morgan fingerprint density at radius 2 is 1.62 bits per heavy atom. The smallest absolute Gasteiger partial charge is 0.0450 e. The molecule has 2 rings (SSSR count). The molecule has 1 aliphatic heterocycles. The number of rotatable bonds is 1. The molecule has 0 radical (unpaired) electrons. The molecule has 0 fully saturated rings. The van der Waals surface area contributed by atoms with E-state index in [1.807, 2.05) is 24.8 Å². The summed E-state index contributed by atoms with van der Waals surface area (Å²) < 4.78 is 0. The van der Waals surface area contributed by atoms with Crippen molar-refractivity contribution in [2.75, 3.05) is 4.90 Å². The van der Waals surface area contributed by atoms with Crippen LogP contribution in [0.5, 0.6) is 0 Å². The molecule has 0 saturated heterocycles. The Morgan fingerprint density at radius 1 is 1.00 bits per heavy atom. The van der Waals surface area contributed by atoms with Crippen LogP contribution in [0, 0.1) is 6.92 Å². The topological polar surface area (TPSA) is 15.3 Å². The molecule has 0 bridgehead atoms. The van der Waals surface area contributed by atoms with E-state index in [1.165, 1.54) is 11.3 Å². The van der Waals surface area contributed by atoms with Crippen molar-refractivity contribution in [3.8, 4) is 0 Å². The third kappa shape index (κ3) is 1.72. The molecular weight excluding hydrogens is 160 g/mol. The second-order valence-corrected chi connectivity index (χ2v) is 3.04. The van der Waals surface area contributed by atoms with Crippen LogP contribution in [0.4, 0.5) is 5.69 Å². The van der Waals surface area contributed by atoms with E-state index in [0.717, 1.165) is 0 Å². The largest absolute Gasteiger partial charge is 0.365 e. The number of hydrogen-bond acceptors (Lipinski definition) is 2. The van der Waals surface area contributed by atoms with E-state index in [9.17, 15) is 0 Å². The van der Waals surface area contributed by atoms with Crippen LogP contribution in [0.2, 0.25) is 0 Å². The fourth-order valence-corrected chi connectivity index (χ4v) is 1.24. The second-order valence-electron chi connectivity index (χ2n) is 3.04. The first-order valence-corrected chi connectivity index (χ1v) is 4.31. The molecular formula is C11H12N2. The van der Waals surface area contributed by atoms with Crippen molar-refractivity contribution in [2.45, 2.75) is 6.92 Å². The lowest BCUT2D eigenvalue weighted by molar-refractivity contribution is 1.09. The number of aryl methyl sites for hydroxylation is 1. The van der Waals surface area contributed by atoms with E-state index in [0.29, 0.717) is 0 Å². The van der Waals surface area contributed by atoms with Gasteiger partial charge in [0, 0.05) is 30.5 Å². The van der Waals surface area contributed by atoms with Gasteiger partial charge in [-0.3, -0.25) is 0 Å². The van der Waals surface area contributed by atoms with Crippen LogP contribution in [0.3, 0.4) is 0 Å². The average molecular weight is 172 g/mol. The Hall–Kier alpha value is -1.70. The van der Waals surface area contributed by atoms with Crippen molar-refractivity contribution in [3.63, 3.8) is 0 Å². The van der Waals surface area contributed by atoms with Gasteiger partial charge in [0.2, 0.25) is 0 Å². The van der Waals surface area contributed by atoms with Crippen LogP contribution in [0.15, 0.2) is 49.1 Å². The van der Waals surface area contributed by atoms with E-state index in [4.69, 9.17) is 0 Å². The summed E-state index contributed by atoms with van der Waals surface area (Å²) >= 11 is 0. The highest BCUT2D eigenvalue weighted by molar-refractivity contribution is 5.53. The van der Waals surface area contributed by atoms with Crippen LogP contribution in [0.1, 0.15) is 5.56 Å². The first kappa shape index (κ1) is 7.92. The summed E-state index contributed by atoms with van der Waals surface area (Å²) in [6, 6.07) is 8.43. The highest BCUT2D eigenvalue weighted by Crippen LogP contribution is 2.16. The van der Waals surface area contributed by atoms with Crippen molar-refractivity contribution >= 4 is 5.69 Å². The van der Waals surface area contributed by atoms with E-state index in [-0.39, 0.29) is 0 Å². The van der Waals surface area contributed by atoms with Gasteiger partial charge in [0.1, 0.15) is 0 Å². The highest BCUT2D eigenvalue weighted by atomic mass is 15.1. The number of hydrogen-bond donors (Lipinski definition) is 1. The molecule has 0 atom stereocenters. The summed E-state index contributed by atoms with van der Waals surface area (Å²) in [5, 5.41) is 2.99. The summed E-state index contributed by atoms with van der Waals surface area (Å²) in [5.41, 5.74) is 2.46. The zero-order chi connectivity index (χ0) is 9.10. The maximum absolute atomic E-state index is 2.99. The standard InChI is InChI=1S/C11H12N2/c1-10-2-4-11(5-3-10)13-8-6-12-7-9-13/h2-9,12H,1H3. The van der Waals surface area contributed by atoms with Gasteiger partial charge in [0.05, 0.1) is 0 Å². The monoisotopic (exact) mass is 172 g/mol. The molecule has 1 aromatic rings. The van der Waals surface area contributed by atoms with E-state index in [2.05, 4.69) is 41.4 Å². The van der Waals surface area contributed by atoms with Gasteiger partial charge in [-0.05, 0) is 19.1 Å². The van der Waals surface area contributed by atoms with Gasteiger partial charge in [-0.1, -0.05) is 17.7 Å². The fourth-order valence-electron chi connectivity index (χ4n) is 1.24. The molecule has 0 saturated carbocycles. The summed E-state index contributed by atoms with van der Waals surface area (Å²) in [7, 11) is 0. The van der Waals surface area contributed by atoms with Crippen molar-refractivity contribution in [1.82, 2.24) is 5.32 Å². The molecule has 0 amide bonds. The average Bonchev–Trinajstić information content (AvgIpc) is 2.20. The van der Waals surface area contributed by atoms with Gasteiger partial charge >= 0.3 is 0 Å². The molecule has 0 unspecified atom stereocenters. The Balaban J connectivity index is 2.25. The summed E-state index contributed by atoms with van der Waals surface area (Å²) in [5.74, 6) is 0. The number of nitrogens with zero attached hydrogens (tertiary/aromatic N) is 1. The molecule has 2 heteroatoms. The third-order valence-electron chi connectivity index (χ3n) is 1.99. The highest BCUT2D eigenvalue weighted by Gasteiger charge is 1.99. The normalized spacial score (nSPS) is 14.4. The van der Waals surface area contributed by atoms with Crippen LogP contribution < -0.4 is 10.2 Å². The lowest BCUT2D eigenvalue weighted by Gasteiger charge is -2.18. The Labute approximate surface area is 78.2 Å². The van der Waals surface area contributed by atoms with Crippen molar-refractivity contribution < 1.29 is 0 Å². The molecule has 1 heterocycles. The van der Waals surface area contributed by atoms with Crippen LogP contribution in [0.25, 0.3) is 0 Å². The minimum Gasteiger partial charge on any atom is -0.365 e.